The molecule has 134 valence electrons. The minimum atomic E-state index is -0.899. The number of hydrazine groups is 1. The normalized spacial score (nSPS) is 19.0. The molecule has 1 aliphatic heterocycles. The Labute approximate surface area is 152 Å². The van der Waals surface area contributed by atoms with E-state index in [2.05, 4.69) is 26.7 Å². The molecule has 1 saturated carbocycles. The molecule has 0 radical (unpaired) electrons. The lowest BCUT2D eigenvalue weighted by atomic mass is 9.82. The molecule has 1 aliphatic carbocycles. The Kier molecular flexibility index (Phi) is 4.94. The van der Waals surface area contributed by atoms with Crippen LogP contribution in [-0.4, -0.2) is 35.0 Å². The first kappa shape index (κ1) is 17.7. The van der Waals surface area contributed by atoms with Crippen molar-refractivity contribution < 1.29 is 23.5 Å². The van der Waals surface area contributed by atoms with Crippen LogP contribution < -0.4 is 15.5 Å². The van der Waals surface area contributed by atoms with Gasteiger partial charge in [-0.05, 0) is 47.0 Å². The summed E-state index contributed by atoms with van der Waals surface area (Å²) in [5.41, 5.74) is 1.37. The van der Waals surface area contributed by atoms with E-state index in [1.54, 1.807) is 0 Å². The molecule has 25 heavy (non-hydrogen) atoms. The second kappa shape index (κ2) is 6.99. The number of imide groups is 1. The Bertz CT molecular complexity index is 721. The summed E-state index contributed by atoms with van der Waals surface area (Å²) in [6.45, 7) is -0.422. The smallest absolute Gasteiger partial charge is 0.344 e. The number of rotatable bonds is 4. The predicted octanol–water partition coefficient (Wildman–Crippen LogP) is 2.25. The molecular weight excluding hydrogens is 397 g/mol. The third-order valence-electron chi connectivity index (χ3n) is 4.36. The summed E-state index contributed by atoms with van der Waals surface area (Å²) in [5.74, 6) is -1.26. The zero-order valence-corrected chi connectivity index (χ0v) is 14.9. The first-order chi connectivity index (χ1) is 11.9. The van der Waals surface area contributed by atoms with Crippen molar-refractivity contribution in [2.75, 3.05) is 6.61 Å². The summed E-state index contributed by atoms with van der Waals surface area (Å²) < 4.78 is 18.7. The van der Waals surface area contributed by atoms with Crippen molar-refractivity contribution in [3.63, 3.8) is 0 Å². The first-order valence-corrected chi connectivity index (χ1v) is 8.75. The summed E-state index contributed by atoms with van der Waals surface area (Å²) in [6.07, 6.45) is 3.88. The van der Waals surface area contributed by atoms with Crippen LogP contribution in [-0.2, 0) is 9.59 Å². The molecule has 2 aliphatic rings. The predicted molar refractivity (Wildman–Crippen MR) is 88.9 cm³/mol. The lowest BCUT2D eigenvalue weighted by molar-refractivity contribution is -0.140. The Balaban J connectivity index is 1.59. The number of urea groups is 1. The molecule has 2 N–H and O–H groups in total. The number of halogens is 2. The van der Waals surface area contributed by atoms with Crippen LogP contribution in [0.15, 0.2) is 22.7 Å². The maximum absolute atomic E-state index is 13.0. The highest BCUT2D eigenvalue weighted by Crippen LogP contribution is 2.33. The fraction of sp³-hybridized carbons (Fsp3) is 0.438. The minimum Gasteiger partial charge on any atom is -0.483 e. The fourth-order valence-corrected chi connectivity index (χ4v) is 3.57. The number of hydrogen-bond acceptors (Lipinski definition) is 4. The topological polar surface area (TPSA) is 87.7 Å². The van der Waals surface area contributed by atoms with Crippen LogP contribution in [0, 0.1) is 5.82 Å². The summed E-state index contributed by atoms with van der Waals surface area (Å²) >= 11 is 3.13. The van der Waals surface area contributed by atoms with E-state index in [-0.39, 0.29) is 5.75 Å². The van der Waals surface area contributed by atoms with Gasteiger partial charge in [0.2, 0.25) is 0 Å². The number of amides is 4. The molecule has 7 nitrogen and oxygen atoms in total. The standard InChI is InChI=1S/C16H17BrFN3O4/c17-11-8-10(18)4-5-12(11)25-9-13(22)20-21-14(23)16(19-15(21)24)6-2-1-3-7-16/h4-5,8H,1-3,6-7,9H2,(H,19,24)(H,20,22). The first-order valence-electron chi connectivity index (χ1n) is 7.95. The SMILES string of the molecule is O=C(COc1ccc(F)cc1Br)NN1C(=O)NC2(CCCCC2)C1=O. The van der Waals surface area contributed by atoms with Crippen molar-refractivity contribution in [2.45, 2.75) is 37.6 Å². The summed E-state index contributed by atoms with van der Waals surface area (Å²) in [7, 11) is 0. The Morgan fingerprint density at radius 3 is 2.72 bits per heavy atom. The third kappa shape index (κ3) is 3.60. The molecule has 4 amide bonds. The second-order valence-corrected chi connectivity index (χ2v) is 6.97. The van der Waals surface area contributed by atoms with E-state index in [1.165, 1.54) is 18.2 Å². The Morgan fingerprint density at radius 2 is 2.04 bits per heavy atom. The van der Waals surface area contributed by atoms with Gasteiger partial charge < -0.3 is 10.1 Å². The van der Waals surface area contributed by atoms with E-state index in [0.29, 0.717) is 17.3 Å². The maximum atomic E-state index is 13.0. The summed E-state index contributed by atoms with van der Waals surface area (Å²) in [5, 5.41) is 3.42. The van der Waals surface area contributed by atoms with Gasteiger partial charge in [-0.15, -0.1) is 0 Å². The van der Waals surface area contributed by atoms with E-state index >= 15 is 0 Å². The zero-order chi connectivity index (χ0) is 18.0. The van der Waals surface area contributed by atoms with Crippen LogP contribution >= 0.6 is 15.9 Å². The molecular formula is C16H17BrFN3O4. The van der Waals surface area contributed by atoms with Gasteiger partial charge in [0, 0.05) is 0 Å². The number of nitrogens with one attached hydrogen (secondary N) is 2. The van der Waals surface area contributed by atoms with Gasteiger partial charge >= 0.3 is 6.03 Å². The van der Waals surface area contributed by atoms with E-state index in [4.69, 9.17) is 4.74 Å². The van der Waals surface area contributed by atoms with Crippen molar-refractivity contribution in [1.82, 2.24) is 15.8 Å². The molecule has 1 aromatic carbocycles. The number of ether oxygens (including phenoxy) is 1. The van der Waals surface area contributed by atoms with Crippen molar-refractivity contribution in [1.29, 1.82) is 0 Å². The third-order valence-corrected chi connectivity index (χ3v) is 4.98. The largest absolute Gasteiger partial charge is 0.483 e. The van der Waals surface area contributed by atoms with E-state index < -0.39 is 35.8 Å². The molecule has 0 unspecified atom stereocenters. The van der Waals surface area contributed by atoms with Crippen LogP contribution in [0.3, 0.4) is 0 Å². The van der Waals surface area contributed by atoms with Gasteiger partial charge in [0.1, 0.15) is 17.1 Å². The molecule has 1 aromatic rings. The van der Waals surface area contributed by atoms with Crippen molar-refractivity contribution in [3.8, 4) is 5.75 Å². The average Bonchev–Trinajstić information content (AvgIpc) is 2.79. The molecule has 1 heterocycles. The zero-order valence-electron chi connectivity index (χ0n) is 13.3. The van der Waals surface area contributed by atoms with Crippen LogP contribution in [0.25, 0.3) is 0 Å². The highest BCUT2D eigenvalue weighted by Gasteiger charge is 2.52. The Hall–Kier alpha value is -2.16. The van der Waals surface area contributed by atoms with Gasteiger partial charge in [0.25, 0.3) is 11.8 Å². The second-order valence-electron chi connectivity index (χ2n) is 6.11. The van der Waals surface area contributed by atoms with Gasteiger partial charge in [-0.3, -0.25) is 15.0 Å². The fourth-order valence-electron chi connectivity index (χ4n) is 3.11. The summed E-state index contributed by atoms with van der Waals surface area (Å²) in [6, 6.07) is 3.14. The van der Waals surface area contributed by atoms with E-state index in [9.17, 15) is 18.8 Å². The van der Waals surface area contributed by atoms with Gasteiger partial charge in [0.05, 0.1) is 4.47 Å². The molecule has 1 spiro atoms. The lowest BCUT2D eigenvalue weighted by Crippen LogP contribution is -2.51. The van der Waals surface area contributed by atoms with Crippen LogP contribution in [0.4, 0.5) is 9.18 Å². The molecule has 2 fully saturated rings. The summed E-state index contributed by atoms with van der Waals surface area (Å²) in [4.78, 5) is 36.6. The number of carbonyl (C=O) groups is 3. The highest BCUT2D eigenvalue weighted by atomic mass is 79.9. The molecule has 3 rings (SSSR count). The van der Waals surface area contributed by atoms with E-state index in [0.717, 1.165) is 24.3 Å². The van der Waals surface area contributed by atoms with Crippen molar-refractivity contribution in [2.24, 2.45) is 0 Å². The highest BCUT2D eigenvalue weighted by molar-refractivity contribution is 9.10. The minimum absolute atomic E-state index is 0.275. The van der Waals surface area contributed by atoms with Crippen molar-refractivity contribution >= 4 is 33.8 Å². The maximum Gasteiger partial charge on any atom is 0.344 e. The van der Waals surface area contributed by atoms with Crippen molar-refractivity contribution in [3.05, 3.63) is 28.5 Å². The molecule has 1 saturated heterocycles. The number of hydrogen-bond donors (Lipinski definition) is 2. The van der Waals surface area contributed by atoms with Crippen LogP contribution in [0.2, 0.25) is 0 Å². The number of benzene rings is 1. The van der Waals surface area contributed by atoms with Gasteiger partial charge in [-0.2, -0.15) is 5.01 Å². The molecule has 9 heteroatoms. The van der Waals surface area contributed by atoms with Crippen LogP contribution in [0.1, 0.15) is 32.1 Å². The lowest BCUT2D eigenvalue weighted by Gasteiger charge is -2.30. The monoisotopic (exact) mass is 413 g/mol. The number of nitrogens with zero attached hydrogens (tertiary/aromatic N) is 1. The quantitative estimate of drug-likeness (QED) is 0.740. The van der Waals surface area contributed by atoms with Gasteiger partial charge in [-0.25, -0.2) is 9.18 Å². The van der Waals surface area contributed by atoms with E-state index in [1.807, 2.05) is 0 Å². The molecule has 0 bridgehead atoms. The van der Waals surface area contributed by atoms with Crippen LogP contribution in [0.5, 0.6) is 5.75 Å². The van der Waals surface area contributed by atoms with Gasteiger partial charge in [-0.1, -0.05) is 19.3 Å². The Morgan fingerprint density at radius 1 is 1.32 bits per heavy atom. The molecule has 0 atom stereocenters. The van der Waals surface area contributed by atoms with Gasteiger partial charge in [0.15, 0.2) is 6.61 Å². The molecule has 0 aromatic heterocycles. The number of carbonyl (C=O) groups excluding carboxylic acids is 3. The average molecular weight is 414 g/mol.